The lowest BCUT2D eigenvalue weighted by Gasteiger charge is -2.17. The molecule has 0 spiro atoms. The second-order valence-electron chi connectivity index (χ2n) is 4.64. The van der Waals surface area contributed by atoms with Gasteiger partial charge < -0.3 is 15.5 Å². The van der Waals surface area contributed by atoms with Crippen molar-refractivity contribution in [3.05, 3.63) is 22.4 Å². The summed E-state index contributed by atoms with van der Waals surface area (Å²) in [6.07, 6.45) is 2.52. The fraction of sp³-hybridized carbons (Fsp3) is 0.643. The fourth-order valence-corrected chi connectivity index (χ4v) is 2.37. The lowest BCUT2D eigenvalue weighted by atomic mass is 10.3. The van der Waals surface area contributed by atoms with Crippen LogP contribution in [0.15, 0.2) is 21.8 Å². The summed E-state index contributed by atoms with van der Waals surface area (Å²) >= 11 is 1.72. The molecule has 1 aromatic rings. The summed E-state index contributed by atoms with van der Waals surface area (Å²) in [5, 5.41) is 10.9. The predicted molar refractivity (Wildman–Crippen MR) is 100 cm³/mol. The number of thiophene rings is 1. The smallest absolute Gasteiger partial charge is 0.191 e. The van der Waals surface area contributed by atoms with Crippen LogP contribution in [0.1, 0.15) is 25.3 Å². The second-order valence-corrected chi connectivity index (χ2v) is 5.42. The van der Waals surface area contributed by atoms with Gasteiger partial charge in [0, 0.05) is 26.7 Å². The molecule has 1 rings (SSSR count). The lowest BCUT2D eigenvalue weighted by molar-refractivity contribution is 0.332. The Morgan fingerprint density at radius 2 is 2.15 bits per heavy atom. The Bertz CT molecular complexity index is 354. The number of unbranched alkanes of at least 4 members (excludes halogenated alkanes) is 1. The summed E-state index contributed by atoms with van der Waals surface area (Å²) in [5.41, 5.74) is 1.30. The van der Waals surface area contributed by atoms with Gasteiger partial charge in [0.15, 0.2) is 5.96 Å². The molecule has 0 unspecified atom stereocenters. The normalized spacial score (nSPS) is 11.3. The molecule has 1 heterocycles. The first-order chi connectivity index (χ1) is 9.26. The minimum absolute atomic E-state index is 0. The average molecular weight is 410 g/mol. The van der Waals surface area contributed by atoms with E-state index in [1.165, 1.54) is 24.9 Å². The third-order valence-corrected chi connectivity index (χ3v) is 3.68. The Morgan fingerprint density at radius 1 is 1.35 bits per heavy atom. The Hall–Kier alpha value is -0.340. The second kappa shape index (κ2) is 12.4. The number of aliphatic imine (C=N–C) groups is 1. The molecular formula is C14H27IN4S. The van der Waals surface area contributed by atoms with E-state index < -0.39 is 0 Å². The van der Waals surface area contributed by atoms with Crippen LogP contribution in [-0.2, 0) is 6.54 Å². The zero-order valence-electron chi connectivity index (χ0n) is 12.7. The number of rotatable bonds is 8. The van der Waals surface area contributed by atoms with Crippen molar-refractivity contribution in [1.82, 2.24) is 15.5 Å². The molecule has 0 bridgehead atoms. The molecule has 116 valence electrons. The quantitative estimate of drug-likeness (QED) is 0.393. The number of guanidine groups is 1. The van der Waals surface area contributed by atoms with Crippen molar-refractivity contribution in [2.75, 3.05) is 33.7 Å². The molecule has 2 N–H and O–H groups in total. The summed E-state index contributed by atoms with van der Waals surface area (Å²) in [5.74, 6) is 0.870. The van der Waals surface area contributed by atoms with Crippen molar-refractivity contribution < 1.29 is 0 Å². The van der Waals surface area contributed by atoms with E-state index in [1.54, 1.807) is 11.3 Å². The van der Waals surface area contributed by atoms with Gasteiger partial charge in [0.2, 0.25) is 0 Å². The number of hydrogen-bond acceptors (Lipinski definition) is 3. The van der Waals surface area contributed by atoms with Gasteiger partial charge in [-0.15, -0.1) is 24.0 Å². The zero-order valence-corrected chi connectivity index (χ0v) is 15.8. The van der Waals surface area contributed by atoms with Crippen LogP contribution in [0.25, 0.3) is 0 Å². The van der Waals surface area contributed by atoms with Crippen molar-refractivity contribution in [2.45, 2.75) is 26.3 Å². The highest BCUT2D eigenvalue weighted by molar-refractivity contribution is 14.0. The standard InChI is InChI=1S/C14H26N4S.HI/c1-4-5-8-18(3)9-7-16-14(15-2)17-11-13-6-10-19-12-13;/h6,10,12H,4-5,7-9,11H2,1-3H3,(H2,15,16,17);1H. The topological polar surface area (TPSA) is 39.7 Å². The molecule has 0 fully saturated rings. The van der Waals surface area contributed by atoms with E-state index in [0.717, 1.165) is 25.6 Å². The van der Waals surface area contributed by atoms with Crippen molar-refractivity contribution in [3.63, 3.8) is 0 Å². The molecule has 0 radical (unpaired) electrons. The third-order valence-electron chi connectivity index (χ3n) is 2.94. The van der Waals surface area contributed by atoms with Gasteiger partial charge in [0.05, 0.1) is 0 Å². The molecule has 0 aromatic carbocycles. The van der Waals surface area contributed by atoms with Gasteiger partial charge in [-0.25, -0.2) is 0 Å². The maximum absolute atomic E-state index is 4.23. The van der Waals surface area contributed by atoms with Gasteiger partial charge in [-0.1, -0.05) is 13.3 Å². The van der Waals surface area contributed by atoms with Crippen molar-refractivity contribution >= 4 is 41.3 Å². The minimum Gasteiger partial charge on any atom is -0.355 e. The van der Waals surface area contributed by atoms with Gasteiger partial charge in [-0.2, -0.15) is 11.3 Å². The number of hydrogen-bond donors (Lipinski definition) is 2. The van der Waals surface area contributed by atoms with Gasteiger partial charge in [-0.05, 0) is 42.4 Å². The fourth-order valence-electron chi connectivity index (χ4n) is 1.70. The van der Waals surface area contributed by atoms with Gasteiger partial charge in [-0.3, -0.25) is 4.99 Å². The molecule has 4 nitrogen and oxygen atoms in total. The largest absolute Gasteiger partial charge is 0.355 e. The van der Waals surface area contributed by atoms with Crippen LogP contribution in [-0.4, -0.2) is 44.6 Å². The molecule has 6 heteroatoms. The zero-order chi connectivity index (χ0) is 13.9. The Kier molecular flexibility index (Phi) is 12.2. The van der Waals surface area contributed by atoms with Crippen LogP contribution >= 0.6 is 35.3 Å². The van der Waals surface area contributed by atoms with Crippen LogP contribution in [0.2, 0.25) is 0 Å². The summed E-state index contributed by atoms with van der Waals surface area (Å²) in [7, 11) is 3.97. The van der Waals surface area contributed by atoms with Crippen LogP contribution in [0.5, 0.6) is 0 Å². The van der Waals surface area contributed by atoms with E-state index in [1.807, 2.05) is 7.05 Å². The summed E-state index contributed by atoms with van der Waals surface area (Å²) < 4.78 is 0. The van der Waals surface area contributed by atoms with E-state index in [-0.39, 0.29) is 24.0 Å². The Morgan fingerprint density at radius 3 is 2.75 bits per heavy atom. The SMILES string of the molecule is CCCCN(C)CCNC(=NC)NCc1ccsc1.I. The van der Waals surface area contributed by atoms with Crippen molar-refractivity contribution in [2.24, 2.45) is 4.99 Å². The molecule has 0 atom stereocenters. The van der Waals surface area contributed by atoms with Gasteiger partial charge in [0.1, 0.15) is 0 Å². The first-order valence-corrected chi connectivity index (χ1v) is 7.84. The monoisotopic (exact) mass is 410 g/mol. The molecular weight excluding hydrogens is 383 g/mol. The Balaban J connectivity index is 0.00000361. The van der Waals surface area contributed by atoms with Crippen molar-refractivity contribution in [3.8, 4) is 0 Å². The maximum Gasteiger partial charge on any atom is 0.191 e. The molecule has 0 amide bonds. The highest BCUT2D eigenvalue weighted by Crippen LogP contribution is 2.04. The molecule has 0 aliphatic carbocycles. The summed E-state index contributed by atoms with van der Waals surface area (Å²) in [6, 6.07) is 2.13. The highest BCUT2D eigenvalue weighted by Gasteiger charge is 2.00. The first kappa shape index (κ1) is 19.7. The molecule has 20 heavy (non-hydrogen) atoms. The van der Waals surface area contributed by atoms with E-state index in [2.05, 4.69) is 51.3 Å². The molecule has 0 saturated carbocycles. The van der Waals surface area contributed by atoms with Crippen LogP contribution in [0.4, 0.5) is 0 Å². The van der Waals surface area contributed by atoms with E-state index in [9.17, 15) is 0 Å². The van der Waals surface area contributed by atoms with E-state index >= 15 is 0 Å². The summed E-state index contributed by atoms with van der Waals surface area (Å²) in [4.78, 5) is 6.58. The highest BCUT2D eigenvalue weighted by atomic mass is 127. The average Bonchev–Trinajstić information content (AvgIpc) is 2.93. The number of halogens is 1. The minimum atomic E-state index is 0. The van der Waals surface area contributed by atoms with Crippen molar-refractivity contribution in [1.29, 1.82) is 0 Å². The molecule has 1 aromatic heterocycles. The predicted octanol–water partition coefficient (Wildman–Crippen LogP) is 2.76. The van der Waals surface area contributed by atoms with Crippen LogP contribution in [0, 0.1) is 0 Å². The van der Waals surface area contributed by atoms with Crippen LogP contribution < -0.4 is 10.6 Å². The van der Waals surface area contributed by atoms with Crippen LogP contribution in [0.3, 0.4) is 0 Å². The maximum atomic E-state index is 4.23. The van der Waals surface area contributed by atoms with E-state index in [4.69, 9.17) is 0 Å². The van der Waals surface area contributed by atoms with Gasteiger partial charge in [0.25, 0.3) is 0 Å². The third kappa shape index (κ3) is 8.76. The number of nitrogens with one attached hydrogen (secondary N) is 2. The molecule has 0 aliphatic rings. The lowest BCUT2D eigenvalue weighted by Crippen LogP contribution is -2.40. The number of nitrogens with zero attached hydrogens (tertiary/aromatic N) is 2. The Labute approximate surface area is 144 Å². The first-order valence-electron chi connectivity index (χ1n) is 6.90. The molecule has 0 aliphatic heterocycles. The summed E-state index contributed by atoms with van der Waals surface area (Å²) in [6.45, 7) is 6.18. The molecule has 0 saturated heterocycles. The number of likely N-dealkylation sites (N-methyl/N-ethyl adjacent to an activating group) is 1. The van der Waals surface area contributed by atoms with E-state index in [0.29, 0.717) is 0 Å². The van der Waals surface area contributed by atoms with Gasteiger partial charge >= 0.3 is 0 Å².